The number of carbonyl (C=O) groups is 1. The minimum atomic E-state index is -4.08. The minimum Gasteiger partial charge on any atom is -0.493 e. The zero-order valence-electron chi connectivity index (χ0n) is 18.7. The number of hydrogen-bond acceptors (Lipinski definition) is 7. The number of amides is 1. The molecule has 1 N–H and O–H groups in total. The van der Waals surface area contributed by atoms with E-state index in [2.05, 4.69) is 10.5 Å². The first-order valence-corrected chi connectivity index (χ1v) is 11.5. The average Bonchev–Trinajstić information content (AvgIpc) is 2.80. The average molecular weight is 487 g/mol. The number of hydrazone groups is 1. The predicted molar refractivity (Wildman–Crippen MR) is 124 cm³/mol. The second-order valence-electron chi connectivity index (χ2n) is 7.23. The fraction of sp³-hybridized carbons (Fsp3) is 0.167. The summed E-state index contributed by atoms with van der Waals surface area (Å²) in [6, 6.07) is 15.2. The van der Waals surface area contributed by atoms with E-state index in [9.17, 15) is 17.6 Å². The van der Waals surface area contributed by atoms with Crippen LogP contribution in [0.2, 0.25) is 0 Å². The molecule has 1 amide bonds. The van der Waals surface area contributed by atoms with Gasteiger partial charge in [-0.2, -0.15) is 13.5 Å². The first kappa shape index (κ1) is 24.7. The summed E-state index contributed by atoms with van der Waals surface area (Å²) >= 11 is 0. The Morgan fingerprint density at radius 2 is 1.79 bits per heavy atom. The van der Waals surface area contributed by atoms with Crippen LogP contribution in [0.5, 0.6) is 17.2 Å². The van der Waals surface area contributed by atoms with Gasteiger partial charge in [0.05, 0.1) is 13.3 Å². The van der Waals surface area contributed by atoms with Gasteiger partial charge in [0.15, 0.2) is 29.7 Å². The zero-order chi connectivity index (χ0) is 24.7. The second kappa shape index (κ2) is 10.8. The highest BCUT2D eigenvalue weighted by Gasteiger charge is 2.21. The second-order valence-corrected chi connectivity index (χ2v) is 8.74. The molecule has 0 aliphatic rings. The monoisotopic (exact) mass is 486 g/mol. The molecule has 0 heterocycles. The molecule has 8 nitrogen and oxygen atoms in total. The summed E-state index contributed by atoms with van der Waals surface area (Å²) in [6.07, 6.45) is 1.33. The van der Waals surface area contributed by atoms with Crippen molar-refractivity contribution < 1.29 is 31.3 Å². The van der Waals surface area contributed by atoms with E-state index in [0.29, 0.717) is 11.1 Å². The van der Waals surface area contributed by atoms with Crippen LogP contribution < -0.4 is 19.1 Å². The van der Waals surface area contributed by atoms with Crippen molar-refractivity contribution in [2.45, 2.75) is 18.7 Å². The Morgan fingerprint density at radius 3 is 2.53 bits per heavy atom. The van der Waals surface area contributed by atoms with Gasteiger partial charge in [0, 0.05) is 0 Å². The molecule has 3 rings (SSSR count). The number of rotatable bonds is 9. The highest BCUT2D eigenvalue weighted by Crippen LogP contribution is 2.31. The molecule has 34 heavy (non-hydrogen) atoms. The standard InChI is InChI=1S/C24H23FN2O6S/c1-16-8-9-17(2)23(12-16)34(29,30)33-21-11-10-18(13-22(21)31-3)14-26-27-24(28)15-32-20-7-5-4-6-19(20)25/h4-14H,15H2,1-3H3,(H,27,28). The van der Waals surface area contributed by atoms with Gasteiger partial charge >= 0.3 is 10.1 Å². The van der Waals surface area contributed by atoms with Gasteiger partial charge in [0.1, 0.15) is 4.90 Å². The van der Waals surface area contributed by atoms with Gasteiger partial charge in [-0.15, -0.1) is 0 Å². The number of para-hydroxylation sites is 1. The molecule has 10 heteroatoms. The van der Waals surface area contributed by atoms with Crippen molar-refractivity contribution in [3.8, 4) is 17.2 Å². The quantitative estimate of drug-likeness (QED) is 0.281. The largest absolute Gasteiger partial charge is 0.493 e. The van der Waals surface area contributed by atoms with Crippen molar-refractivity contribution in [3.63, 3.8) is 0 Å². The lowest BCUT2D eigenvalue weighted by atomic mass is 10.2. The molecular formula is C24H23FN2O6S. The number of aryl methyl sites for hydroxylation is 2. The summed E-state index contributed by atoms with van der Waals surface area (Å²) in [4.78, 5) is 11.9. The van der Waals surface area contributed by atoms with E-state index >= 15 is 0 Å². The summed E-state index contributed by atoms with van der Waals surface area (Å²) in [5.41, 5.74) is 4.11. The molecule has 0 aliphatic carbocycles. The van der Waals surface area contributed by atoms with Gasteiger partial charge in [-0.25, -0.2) is 9.82 Å². The van der Waals surface area contributed by atoms with Gasteiger partial charge in [0.2, 0.25) is 0 Å². The molecule has 0 atom stereocenters. The van der Waals surface area contributed by atoms with Gasteiger partial charge in [-0.1, -0.05) is 24.3 Å². The van der Waals surface area contributed by atoms with Crippen molar-refractivity contribution in [1.29, 1.82) is 0 Å². The number of hydrogen-bond donors (Lipinski definition) is 1. The number of halogens is 1. The molecule has 0 aromatic heterocycles. The van der Waals surface area contributed by atoms with E-state index in [1.807, 2.05) is 6.07 Å². The van der Waals surface area contributed by atoms with Crippen LogP contribution >= 0.6 is 0 Å². The minimum absolute atomic E-state index is 0.00267. The molecule has 3 aromatic rings. The van der Waals surface area contributed by atoms with E-state index < -0.39 is 28.4 Å². The van der Waals surface area contributed by atoms with E-state index in [4.69, 9.17) is 13.7 Å². The fourth-order valence-corrected chi connectivity index (χ4v) is 4.15. The van der Waals surface area contributed by atoms with Crippen LogP contribution in [0.4, 0.5) is 4.39 Å². The third-order valence-electron chi connectivity index (χ3n) is 4.60. The Hall–Kier alpha value is -3.92. The van der Waals surface area contributed by atoms with E-state index in [0.717, 1.165) is 5.56 Å². The number of benzene rings is 3. The van der Waals surface area contributed by atoms with Gasteiger partial charge < -0.3 is 13.7 Å². The first-order valence-electron chi connectivity index (χ1n) is 10.1. The molecule has 0 fully saturated rings. The SMILES string of the molecule is COc1cc(C=NNC(=O)COc2ccccc2F)ccc1OS(=O)(=O)c1cc(C)ccc1C. The topological polar surface area (TPSA) is 103 Å². The van der Waals surface area contributed by atoms with Crippen LogP contribution in [-0.2, 0) is 14.9 Å². The van der Waals surface area contributed by atoms with E-state index in [1.165, 1.54) is 49.7 Å². The Bertz CT molecular complexity index is 1320. The number of ether oxygens (including phenoxy) is 2. The van der Waals surface area contributed by atoms with Gasteiger partial charge in [-0.05, 0) is 66.9 Å². The lowest BCUT2D eigenvalue weighted by Gasteiger charge is -2.13. The van der Waals surface area contributed by atoms with Crippen LogP contribution in [0, 0.1) is 19.7 Å². The maximum atomic E-state index is 13.5. The van der Waals surface area contributed by atoms with Crippen LogP contribution in [0.15, 0.2) is 70.7 Å². The lowest BCUT2D eigenvalue weighted by molar-refractivity contribution is -0.123. The van der Waals surface area contributed by atoms with Crippen molar-refractivity contribution in [3.05, 3.63) is 83.2 Å². The Morgan fingerprint density at radius 1 is 1.03 bits per heavy atom. The molecule has 178 valence electrons. The van der Waals surface area contributed by atoms with E-state index in [-0.39, 0.29) is 22.1 Å². The van der Waals surface area contributed by atoms with Crippen molar-refractivity contribution in [1.82, 2.24) is 5.43 Å². The number of carbonyl (C=O) groups excluding carboxylic acids is 1. The van der Waals surface area contributed by atoms with Gasteiger partial charge in [0.25, 0.3) is 5.91 Å². The summed E-state index contributed by atoms with van der Waals surface area (Å²) in [5, 5.41) is 3.81. The molecule has 0 saturated carbocycles. The van der Waals surface area contributed by atoms with Crippen LogP contribution in [-0.4, -0.2) is 34.3 Å². The summed E-state index contributed by atoms with van der Waals surface area (Å²) in [6.45, 7) is 3.05. The number of nitrogens with one attached hydrogen (secondary N) is 1. The third-order valence-corrected chi connectivity index (χ3v) is 5.98. The molecule has 0 radical (unpaired) electrons. The summed E-state index contributed by atoms with van der Waals surface area (Å²) < 4.78 is 54.7. The van der Waals surface area contributed by atoms with Crippen molar-refractivity contribution in [2.24, 2.45) is 5.10 Å². The fourth-order valence-electron chi connectivity index (χ4n) is 2.89. The highest BCUT2D eigenvalue weighted by molar-refractivity contribution is 7.87. The predicted octanol–water partition coefficient (Wildman–Crippen LogP) is 3.75. The smallest absolute Gasteiger partial charge is 0.339 e. The zero-order valence-corrected chi connectivity index (χ0v) is 19.6. The van der Waals surface area contributed by atoms with Crippen LogP contribution in [0.1, 0.15) is 16.7 Å². The van der Waals surface area contributed by atoms with E-state index in [1.54, 1.807) is 32.0 Å². The molecule has 0 aliphatic heterocycles. The van der Waals surface area contributed by atoms with Crippen LogP contribution in [0.25, 0.3) is 0 Å². The van der Waals surface area contributed by atoms with Crippen molar-refractivity contribution >= 4 is 22.2 Å². The maximum absolute atomic E-state index is 13.5. The number of nitrogens with zero attached hydrogens (tertiary/aromatic N) is 1. The van der Waals surface area contributed by atoms with Crippen molar-refractivity contribution in [2.75, 3.05) is 13.7 Å². The Balaban J connectivity index is 1.65. The molecular weight excluding hydrogens is 463 g/mol. The summed E-state index contributed by atoms with van der Waals surface area (Å²) in [7, 11) is -2.71. The van der Waals surface area contributed by atoms with Gasteiger partial charge in [-0.3, -0.25) is 4.79 Å². The lowest BCUT2D eigenvalue weighted by Crippen LogP contribution is -2.24. The molecule has 0 bridgehead atoms. The third kappa shape index (κ3) is 6.32. The normalized spacial score (nSPS) is 11.3. The molecule has 0 spiro atoms. The molecule has 3 aromatic carbocycles. The Labute approximate surface area is 197 Å². The first-order chi connectivity index (χ1) is 16.2. The maximum Gasteiger partial charge on any atom is 0.339 e. The molecule has 0 saturated heterocycles. The number of methoxy groups -OCH3 is 1. The summed E-state index contributed by atoms with van der Waals surface area (Å²) in [5.74, 6) is -1.05. The van der Waals surface area contributed by atoms with Crippen LogP contribution in [0.3, 0.4) is 0 Å². The molecule has 0 unspecified atom stereocenters. The highest BCUT2D eigenvalue weighted by atomic mass is 32.2. The Kier molecular flexibility index (Phi) is 7.85.